The number of fused-ring (bicyclic) bond motifs is 2. The van der Waals surface area contributed by atoms with Crippen LogP contribution in [0, 0.1) is 23.7 Å². The molecule has 7 rings (SSSR count). The second kappa shape index (κ2) is 5.00. The Kier molecular flexibility index (Phi) is 2.96. The van der Waals surface area contributed by atoms with Crippen LogP contribution in [-0.2, 0) is 5.41 Å². The number of benzene rings is 1. The van der Waals surface area contributed by atoms with Gasteiger partial charge >= 0.3 is 0 Å². The van der Waals surface area contributed by atoms with E-state index in [-0.39, 0.29) is 0 Å². The van der Waals surface area contributed by atoms with Crippen molar-refractivity contribution in [2.45, 2.75) is 56.4 Å². The molecule has 0 unspecified atom stereocenters. The molecule has 128 valence electrons. The number of hydrogen-bond acceptors (Lipinski definition) is 2. The van der Waals surface area contributed by atoms with Crippen LogP contribution in [0.15, 0.2) is 24.3 Å². The summed E-state index contributed by atoms with van der Waals surface area (Å²) in [6, 6.07) is 10.3. The van der Waals surface area contributed by atoms with Gasteiger partial charge in [0, 0.05) is 23.7 Å². The molecular formula is C22H30N2. The van der Waals surface area contributed by atoms with E-state index in [1.807, 2.05) is 0 Å². The highest BCUT2D eigenvalue weighted by Gasteiger charge is 2.53. The van der Waals surface area contributed by atoms with Gasteiger partial charge in [-0.15, -0.1) is 0 Å². The molecule has 4 aliphatic carbocycles. The van der Waals surface area contributed by atoms with Crippen molar-refractivity contribution in [1.29, 1.82) is 0 Å². The molecule has 0 atom stereocenters. The molecule has 1 N–H and O–H groups in total. The van der Waals surface area contributed by atoms with Crippen LogP contribution in [0.4, 0.5) is 5.69 Å². The van der Waals surface area contributed by atoms with Crippen molar-refractivity contribution in [3.8, 4) is 0 Å². The molecule has 24 heavy (non-hydrogen) atoms. The number of para-hydroxylation sites is 1. The SMILES string of the molecule is c1ccc2c(c1)N(C1C3CC4CC(C3)CC1C4)CC21CCNCC1. The zero-order valence-corrected chi connectivity index (χ0v) is 14.7. The molecule has 4 bridgehead atoms. The predicted octanol–water partition coefficient (Wildman–Crippen LogP) is 3.95. The van der Waals surface area contributed by atoms with Gasteiger partial charge in [0.2, 0.25) is 0 Å². The number of piperidine rings is 1. The van der Waals surface area contributed by atoms with E-state index in [1.54, 1.807) is 17.7 Å². The number of nitrogens with zero attached hydrogens (tertiary/aromatic N) is 1. The van der Waals surface area contributed by atoms with E-state index in [1.165, 1.54) is 58.2 Å². The van der Waals surface area contributed by atoms with Crippen LogP contribution in [0.25, 0.3) is 0 Å². The zero-order chi connectivity index (χ0) is 15.7. The third kappa shape index (κ3) is 1.87. The van der Waals surface area contributed by atoms with E-state index < -0.39 is 0 Å². The van der Waals surface area contributed by atoms with Gasteiger partial charge in [-0.2, -0.15) is 0 Å². The summed E-state index contributed by atoms with van der Waals surface area (Å²) in [5.74, 6) is 4.14. The Balaban J connectivity index is 1.40. The van der Waals surface area contributed by atoms with Crippen LogP contribution in [0.3, 0.4) is 0 Å². The zero-order valence-electron chi connectivity index (χ0n) is 14.7. The molecule has 1 saturated heterocycles. The van der Waals surface area contributed by atoms with Gasteiger partial charge in [-0.3, -0.25) is 0 Å². The van der Waals surface area contributed by atoms with Crippen molar-refractivity contribution < 1.29 is 0 Å². The topological polar surface area (TPSA) is 15.3 Å². The Hall–Kier alpha value is -1.02. The minimum absolute atomic E-state index is 0.441. The van der Waals surface area contributed by atoms with E-state index in [4.69, 9.17) is 0 Å². The summed E-state index contributed by atoms with van der Waals surface area (Å²) < 4.78 is 0. The van der Waals surface area contributed by atoms with E-state index in [2.05, 4.69) is 34.5 Å². The standard InChI is InChI=1S/C22H30N2/c1-2-4-20-19(3-1)22(5-7-23-8-6-22)14-24(20)21-17-10-15-9-16(12-17)13-18(21)11-15/h1-4,15-18,21,23H,5-14H2. The fraction of sp³-hybridized carbons (Fsp3) is 0.727. The Morgan fingerprint density at radius 3 is 2.25 bits per heavy atom. The highest BCUT2D eigenvalue weighted by molar-refractivity contribution is 5.64. The van der Waals surface area contributed by atoms with Crippen molar-refractivity contribution in [1.82, 2.24) is 5.32 Å². The third-order valence-electron chi connectivity index (χ3n) is 8.36. The predicted molar refractivity (Wildman–Crippen MR) is 98.4 cm³/mol. The lowest BCUT2D eigenvalue weighted by Crippen LogP contribution is -2.57. The van der Waals surface area contributed by atoms with Gasteiger partial charge in [-0.05, 0) is 93.3 Å². The Morgan fingerprint density at radius 1 is 0.875 bits per heavy atom. The molecular weight excluding hydrogens is 292 g/mol. The van der Waals surface area contributed by atoms with Crippen LogP contribution in [0.1, 0.15) is 50.5 Å². The highest BCUT2D eigenvalue weighted by atomic mass is 15.2. The van der Waals surface area contributed by atoms with Gasteiger partial charge in [0.25, 0.3) is 0 Å². The lowest BCUT2D eigenvalue weighted by atomic mass is 9.54. The van der Waals surface area contributed by atoms with Crippen LogP contribution < -0.4 is 10.2 Å². The molecule has 6 aliphatic rings. The second-order valence-electron chi connectivity index (χ2n) is 9.60. The van der Waals surface area contributed by atoms with E-state index >= 15 is 0 Å². The minimum atomic E-state index is 0.441. The van der Waals surface area contributed by atoms with Gasteiger partial charge in [0.15, 0.2) is 0 Å². The van der Waals surface area contributed by atoms with Gasteiger partial charge in [-0.1, -0.05) is 18.2 Å². The van der Waals surface area contributed by atoms with Crippen LogP contribution in [-0.4, -0.2) is 25.7 Å². The van der Waals surface area contributed by atoms with Crippen molar-refractivity contribution in [2.24, 2.45) is 23.7 Å². The van der Waals surface area contributed by atoms with Crippen molar-refractivity contribution in [3.05, 3.63) is 29.8 Å². The number of hydrogen-bond donors (Lipinski definition) is 1. The largest absolute Gasteiger partial charge is 0.367 e. The molecule has 2 aliphatic heterocycles. The first kappa shape index (κ1) is 14.2. The molecule has 0 radical (unpaired) electrons. The van der Waals surface area contributed by atoms with Crippen molar-refractivity contribution in [3.63, 3.8) is 0 Å². The quantitative estimate of drug-likeness (QED) is 0.842. The first-order valence-electron chi connectivity index (χ1n) is 10.4. The summed E-state index contributed by atoms with van der Waals surface area (Å²) in [5, 5.41) is 3.59. The summed E-state index contributed by atoms with van der Waals surface area (Å²) in [5.41, 5.74) is 3.73. The van der Waals surface area contributed by atoms with Crippen molar-refractivity contribution >= 4 is 5.69 Å². The fourth-order valence-electron chi connectivity index (χ4n) is 7.67. The lowest BCUT2D eigenvalue weighted by Gasteiger charge is -2.57. The molecule has 2 nitrogen and oxygen atoms in total. The van der Waals surface area contributed by atoms with Crippen LogP contribution in [0.5, 0.6) is 0 Å². The molecule has 2 heteroatoms. The average Bonchev–Trinajstić information content (AvgIpc) is 2.89. The third-order valence-corrected chi connectivity index (χ3v) is 8.36. The summed E-state index contributed by atoms with van der Waals surface area (Å²) in [6.07, 6.45) is 10.3. The first-order chi connectivity index (χ1) is 11.8. The van der Waals surface area contributed by atoms with Gasteiger partial charge in [0.05, 0.1) is 0 Å². The molecule has 5 fully saturated rings. The Labute approximate surface area is 146 Å². The maximum atomic E-state index is 3.59. The summed E-state index contributed by atoms with van der Waals surface area (Å²) in [6.45, 7) is 3.70. The second-order valence-corrected chi connectivity index (χ2v) is 9.60. The normalized spacial score (nSPS) is 41.8. The van der Waals surface area contributed by atoms with Gasteiger partial charge in [-0.25, -0.2) is 0 Å². The smallest absolute Gasteiger partial charge is 0.0408 e. The summed E-state index contributed by atoms with van der Waals surface area (Å²) >= 11 is 0. The van der Waals surface area contributed by atoms with Crippen molar-refractivity contribution in [2.75, 3.05) is 24.5 Å². The van der Waals surface area contributed by atoms with Gasteiger partial charge < -0.3 is 10.2 Å². The van der Waals surface area contributed by atoms with E-state index in [0.29, 0.717) is 5.41 Å². The molecule has 4 saturated carbocycles. The monoisotopic (exact) mass is 322 g/mol. The molecule has 1 aromatic rings. The van der Waals surface area contributed by atoms with E-state index in [0.717, 1.165) is 29.7 Å². The molecule has 1 spiro atoms. The Bertz CT molecular complexity index is 617. The Morgan fingerprint density at radius 2 is 1.54 bits per heavy atom. The lowest BCUT2D eigenvalue weighted by molar-refractivity contribution is -0.00335. The summed E-state index contributed by atoms with van der Waals surface area (Å²) in [7, 11) is 0. The molecule has 0 amide bonds. The molecule has 2 heterocycles. The number of nitrogens with one attached hydrogen (secondary N) is 1. The first-order valence-corrected chi connectivity index (χ1v) is 10.4. The maximum absolute atomic E-state index is 3.59. The molecule has 1 aromatic carbocycles. The number of anilines is 1. The number of rotatable bonds is 1. The van der Waals surface area contributed by atoms with Gasteiger partial charge in [0.1, 0.15) is 0 Å². The van der Waals surface area contributed by atoms with Crippen LogP contribution in [0.2, 0.25) is 0 Å². The fourth-order valence-corrected chi connectivity index (χ4v) is 7.67. The average molecular weight is 322 g/mol. The van der Waals surface area contributed by atoms with Crippen LogP contribution >= 0.6 is 0 Å². The molecule has 0 aromatic heterocycles. The minimum Gasteiger partial charge on any atom is -0.367 e. The summed E-state index contributed by atoms with van der Waals surface area (Å²) in [4.78, 5) is 2.92. The highest BCUT2D eigenvalue weighted by Crippen LogP contribution is 2.58. The maximum Gasteiger partial charge on any atom is 0.0408 e. The van der Waals surface area contributed by atoms with E-state index in [9.17, 15) is 0 Å².